The highest BCUT2D eigenvalue weighted by Crippen LogP contribution is 2.38. The van der Waals surface area contributed by atoms with E-state index in [9.17, 15) is 19.0 Å². The van der Waals surface area contributed by atoms with Gasteiger partial charge in [-0.2, -0.15) is 0 Å². The highest BCUT2D eigenvalue weighted by molar-refractivity contribution is 7.45. The second-order valence-corrected chi connectivity index (χ2v) is 17.8. The van der Waals surface area contributed by atoms with Gasteiger partial charge in [0.15, 0.2) is 6.10 Å². The van der Waals surface area contributed by atoms with Gasteiger partial charge in [0.05, 0.1) is 27.7 Å². The number of allylic oxidation sites excluding steroid dienone is 2. The van der Waals surface area contributed by atoms with Gasteiger partial charge in [0, 0.05) is 12.8 Å². The molecular formula is C44H86NO8P. The van der Waals surface area contributed by atoms with Gasteiger partial charge in [-0.1, -0.05) is 167 Å². The maximum Gasteiger partial charge on any atom is 0.306 e. The molecule has 0 aliphatic heterocycles. The Balaban J connectivity index is 4.35. The molecule has 0 fully saturated rings. The summed E-state index contributed by atoms with van der Waals surface area (Å²) in [5.41, 5.74) is 0. The minimum Gasteiger partial charge on any atom is -0.756 e. The van der Waals surface area contributed by atoms with Crippen LogP contribution in [0.2, 0.25) is 0 Å². The van der Waals surface area contributed by atoms with Gasteiger partial charge in [0.1, 0.15) is 19.8 Å². The maximum absolute atomic E-state index is 12.7. The molecule has 0 heterocycles. The van der Waals surface area contributed by atoms with Crippen LogP contribution >= 0.6 is 7.82 Å². The number of rotatable bonds is 41. The molecule has 0 amide bonds. The van der Waals surface area contributed by atoms with Gasteiger partial charge in [-0.05, 0) is 38.5 Å². The zero-order valence-electron chi connectivity index (χ0n) is 35.9. The number of ether oxygens (including phenoxy) is 2. The van der Waals surface area contributed by atoms with Crippen molar-refractivity contribution in [2.45, 2.75) is 213 Å². The van der Waals surface area contributed by atoms with Crippen LogP contribution in [0.15, 0.2) is 12.2 Å². The monoisotopic (exact) mass is 788 g/mol. The lowest BCUT2D eigenvalue weighted by Gasteiger charge is -2.28. The number of esters is 2. The number of unbranched alkanes of at least 4 members (excludes halogenated alkanes) is 25. The quantitative estimate of drug-likeness (QED) is 0.0198. The fourth-order valence-electron chi connectivity index (χ4n) is 6.24. The molecule has 0 aliphatic rings. The number of quaternary nitrogens is 1. The lowest BCUT2D eigenvalue weighted by Crippen LogP contribution is -2.37. The van der Waals surface area contributed by atoms with Crippen molar-refractivity contribution in [3.63, 3.8) is 0 Å². The van der Waals surface area contributed by atoms with E-state index < -0.39 is 26.5 Å². The molecule has 0 spiro atoms. The Bertz CT molecular complexity index is 938. The zero-order valence-corrected chi connectivity index (χ0v) is 36.8. The van der Waals surface area contributed by atoms with Gasteiger partial charge in [-0.15, -0.1) is 0 Å². The average molecular weight is 788 g/mol. The SMILES string of the molecule is CCCCCCCCCCC/C=C\CCCCC(=O)O[C@H](COC(=O)CCCCCCCCCCCCCCCCC)COP(=O)([O-])OCC[N+](C)(C)C. The molecule has 10 heteroatoms. The first-order valence-corrected chi connectivity index (χ1v) is 23.9. The second kappa shape index (κ2) is 37.3. The smallest absolute Gasteiger partial charge is 0.306 e. The molecule has 0 bridgehead atoms. The summed E-state index contributed by atoms with van der Waals surface area (Å²) in [6.07, 6.45) is 38.1. The minimum atomic E-state index is -4.62. The number of hydrogen-bond acceptors (Lipinski definition) is 8. The molecule has 1 unspecified atom stereocenters. The van der Waals surface area contributed by atoms with Crippen LogP contribution in [0.5, 0.6) is 0 Å². The number of carbonyl (C=O) groups excluding carboxylic acids is 2. The molecule has 0 saturated heterocycles. The molecule has 320 valence electrons. The predicted octanol–water partition coefficient (Wildman–Crippen LogP) is 11.9. The molecule has 0 aromatic carbocycles. The van der Waals surface area contributed by atoms with Crippen molar-refractivity contribution in [1.29, 1.82) is 0 Å². The molecule has 0 rings (SSSR count). The Morgan fingerprint density at radius 3 is 1.41 bits per heavy atom. The fraction of sp³-hybridized carbons (Fsp3) is 0.909. The number of carbonyl (C=O) groups is 2. The van der Waals surface area contributed by atoms with Crippen molar-refractivity contribution in [2.75, 3.05) is 47.5 Å². The highest BCUT2D eigenvalue weighted by Gasteiger charge is 2.21. The summed E-state index contributed by atoms with van der Waals surface area (Å²) < 4.78 is 33.9. The van der Waals surface area contributed by atoms with Gasteiger partial charge in [0.25, 0.3) is 7.82 Å². The van der Waals surface area contributed by atoms with Crippen LogP contribution in [0.1, 0.15) is 206 Å². The third-order valence-electron chi connectivity index (χ3n) is 9.79. The molecule has 2 atom stereocenters. The molecular weight excluding hydrogens is 701 g/mol. The normalized spacial score (nSPS) is 13.7. The van der Waals surface area contributed by atoms with E-state index in [1.807, 2.05) is 21.1 Å². The molecule has 0 aliphatic carbocycles. The molecule has 0 saturated carbocycles. The van der Waals surface area contributed by atoms with Crippen molar-refractivity contribution in [3.8, 4) is 0 Å². The topological polar surface area (TPSA) is 111 Å². The number of hydrogen-bond donors (Lipinski definition) is 0. The average Bonchev–Trinajstić information content (AvgIpc) is 3.12. The van der Waals surface area contributed by atoms with E-state index in [-0.39, 0.29) is 32.0 Å². The summed E-state index contributed by atoms with van der Waals surface area (Å²) in [7, 11) is 1.16. The van der Waals surface area contributed by atoms with Crippen molar-refractivity contribution in [1.82, 2.24) is 0 Å². The van der Waals surface area contributed by atoms with Crippen molar-refractivity contribution in [3.05, 3.63) is 12.2 Å². The van der Waals surface area contributed by atoms with Crippen molar-refractivity contribution >= 4 is 19.8 Å². The first-order chi connectivity index (χ1) is 26.0. The Hall–Kier alpha value is -1.25. The summed E-state index contributed by atoms with van der Waals surface area (Å²) >= 11 is 0. The van der Waals surface area contributed by atoms with Crippen LogP contribution in [0, 0.1) is 0 Å². The Morgan fingerprint density at radius 2 is 0.944 bits per heavy atom. The minimum absolute atomic E-state index is 0.0311. The van der Waals surface area contributed by atoms with E-state index in [1.54, 1.807) is 0 Å². The van der Waals surface area contributed by atoms with Gasteiger partial charge in [-0.25, -0.2) is 0 Å². The second-order valence-electron chi connectivity index (χ2n) is 16.4. The molecule has 0 aromatic heterocycles. The summed E-state index contributed by atoms with van der Waals surface area (Å²) in [4.78, 5) is 37.5. The van der Waals surface area contributed by atoms with Crippen LogP contribution in [-0.2, 0) is 32.7 Å². The third-order valence-corrected chi connectivity index (χ3v) is 10.7. The number of phosphoric acid groups is 1. The van der Waals surface area contributed by atoms with E-state index in [0.29, 0.717) is 17.4 Å². The Kier molecular flexibility index (Phi) is 36.5. The summed E-state index contributed by atoms with van der Waals surface area (Å²) in [6.45, 7) is 4.23. The van der Waals surface area contributed by atoms with Gasteiger partial charge in [-0.3, -0.25) is 14.2 Å². The van der Waals surface area contributed by atoms with Gasteiger partial charge < -0.3 is 27.9 Å². The first-order valence-electron chi connectivity index (χ1n) is 22.4. The van der Waals surface area contributed by atoms with E-state index in [0.717, 1.165) is 38.5 Å². The van der Waals surface area contributed by atoms with Crippen LogP contribution in [0.3, 0.4) is 0 Å². The van der Waals surface area contributed by atoms with Crippen LogP contribution in [0.25, 0.3) is 0 Å². The lowest BCUT2D eigenvalue weighted by atomic mass is 10.0. The zero-order chi connectivity index (χ0) is 40.0. The highest BCUT2D eigenvalue weighted by atomic mass is 31.2. The number of phosphoric ester groups is 1. The third kappa shape index (κ3) is 40.4. The predicted molar refractivity (Wildman–Crippen MR) is 222 cm³/mol. The van der Waals surface area contributed by atoms with Gasteiger partial charge >= 0.3 is 11.9 Å². The summed E-state index contributed by atoms with van der Waals surface area (Å²) in [5, 5.41) is 0. The Morgan fingerprint density at radius 1 is 0.556 bits per heavy atom. The number of nitrogens with zero attached hydrogens (tertiary/aromatic N) is 1. The maximum atomic E-state index is 12.7. The molecule has 0 N–H and O–H groups in total. The lowest BCUT2D eigenvalue weighted by molar-refractivity contribution is -0.870. The van der Waals surface area contributed by atoms with E-state index >= 15 is 0 Å². The van der Waals surface area contributed by atoms with Gasteiger partial charge in [0.2, 0.25) is 0 Å². The molecule has 0 aromatic rings. The van der Waals surface area contributed by atoms with Crippen LogP contribution < -0.4 is 4.89 Å². The van der Waals surface area contributed by atoms with Crippen LogP contribution in [0.4, 0.5) is 0 Å². The van der Waals surface area contributed by atoms with E-state index in [4.69, 9.17) is 18.5 Å². The summed E-state index contributed by atoms with van der Waals surface area (Å²) in [5.74, 6) is -0.850. The number of likely N-dealkylation sites (N-methyl/N-ethyl adjacent to an activating group) is 1. The molecule has 54 heavy (non-hydrogen) atoms. The van der Waals surface area contributed by atoms with Crippen molar-refractivity contribution in [2.24, 2.45) is 0 Å². The molecule has 0 radical (unpaired) electrons. The Labute approximate surface area is 333 Å². The standard InChI is InChI=1S/C44H86NO8P/c1-6-8-10-12-14-16-18-20-22-24-26-28-30-32-34-36-43(46)50-40-42(41-52-54(48,49)51-39-38-45(3,4)5)53-44(47)37-35-33-31-29-27-25-23-21-19-17-15-13-11-9-7-2/h27,29,42H,6-26,28,30-41H2,1-5H3/b29-27-/t42-/m1/s1. The van der Waals surface area contributed by atoms with Crippen molar-refractivity contribution < 1.29 is 42.1 Å². The van der Waals surface area contributed by atoms with E-state index in [1.165, 1.54) is 135 Å². The molecule has 9 nitrogen and oxygen atoms in total. The van der Waals surface area contributed by atoms with E-state index in [2.05, 4.69) is 26.0 Å². The fourth-order valence-corrected chi connectivity index (χ4v) is 6.97. The van der Waals surface area contributed by atoms with Crippen LogP contribution in [-0.4, -0.2) is 70.0 Å². The summed E-state index contributed by atoms with van der Waals surface area (Å²) in [6, 6.07) is 0. The first kappa shape index (κ1) is 52.8. The largest absolute Gasteiger partial charge is 0.756 e.